The average Bonchev–Trinajstić information content (AvgIpc) is 3.06. The van der Waals surface area contributed by atoms with Gasteiger partial charge in [0.05, 0.1) is 38.6 Å². The minimum atomic E-state index is -1.14. The summed E-state index contributed by atoms with van der Waals surface area (Å²) in [5.41, 5.74) is -0.446. The van der Waals surface area contributed by atoms with Crippen LogP contribution in [0.3, 0.4) is 0 Å². The fourth-order valence-corrected chi connectivity index (χ4v) is 4.47. The third-order valence-electron chi connectivity index (χ3n) is 7.57. The van der Waals surface area contributed by atoms with Gasteiger partial charge in [-0.1, -0.05) is 13.8 Å². The van der Waals surface area contributed by atoms with Crippen LogP contribution in [-0.4, -0.2) is 156 Å². The lowest BCUT2D eigenvalue weighted by atomic mass is 9.93. The lowest BCUT2D eigenvalue weighted by molar-refractivity contribution is -0.214. The first-order chi connectivity index (χ1) is 24.0. The van der Waals surface area contributed by atoms with Crippen molar-refractivity contribution in [2.24, 2.45) is 5.41 Å². The quantitative estimate of drug-likeness (QED) is 0.0276. The summed E-state index contributed by atoms with van der Waals surface area (Å²) < 4.78 is 22.6. The van der Waals surface area contributed by atoms with Gasteiger partial charge in [0.25, 0.3) is 0 Å². The van der Waals surface area contributed by atoms with Gasteiger partial charge in [-0.15, -0.1) is 0 Å². The molecule has 18 heteroatoms. The molecule has 0 heterocycles. The Balaban J connectivity index is 4.57. The molecule has 0 aromatic carbocycles. The van der Waals surface area contributed by atoms with Crippen LogP contribution in [0.15, 0.2) is 0 Å². The second kappa shape index (κ2) is 27.1. The van der Waals surface area contributed by atoms with Gasteiger partial charge in [0.1, 0.15) is 24.3 Å². The van der Waals surface area contributed by atoms with Crippen LogP contribution in [0.25, 0.3) is 0 Å². The zero-order chi connectivity index (χ0) is 39.0. The molecule has 51 heavy (non-hydrogen) atoms. The summed E-state index contributed by atoms with van der Waals surface area (Å²) in [6, 6.07) is -1.86. The Morgan fingerprint density at radius 2 is 0.961 bits per heavy atom. The number of hydrogen-bond acceptors (Lipinski definition) is 14. The SMILES string of the molecule is CC(=O)N[C@@H](CO)C(OCCCCC(=O)NCC(C)(C)CNC(=O)CCCCOC(OC(CO)[C@@H](C)O)[C@H](CO)NC(C)=O)OC(CO)[C@@H](C)O. The number of aliphatic hydroxyl groups excluding tert-OH is 6. The Bertz CT molecular complexity index is 913. The van der Waals surface area contributed by atoms with Crippen molar-refractivity contribution in [1.82, 2.24) is 21.3 Å². The minimum absolute atomic E-state index is 0.122. The number of carbonyl (C=O) groups excluding carboxylic acids is 4. The van der Waals surface area contributed by atoms with Crippen LogP contribution in [0.4, 0.5) is 0 Å². The van der Waals surface area contributed by atoms with Crippen LogP contribution in [0.1, 0.15) is 80.1 Å². The summed E-state index contributed by atoms with van der Waals surface area (Å²) in [4.78, 5) is 47.9. The summed E-state index contributed by atoms with van der Waals surface area (Å²) in [6.07, 6.45) is -4.09. The van der Waals surface area contributed by atoms with E-state index in [9.17, 15) is 49.8 Å². The minimum Gasteiger partial charge on any atom is -0.394 e. The van der Waals surface area contributed by atoms with Gasteiger partial charge >= 0.3 is 0 Å². The number of rotatable bonds is 30. The van der Waals surface area contributed by atoms with E-state index in [4.69, 9.17) is 18.9 Å². The van der Waals surface area contributed by atoms with Gasteiger partial charge in [-0.25, -0.2) is 0 Å². The van der Waals surface area contributed by atoms with E-state index < -0.39 is 92.7 Å². The molecule has 18 nitrogen and oxygen atoms in total. The zero-order valence-corrected chi connectivity index (χ0v) is 31.0. The second-order valence-corrected chi connectivity index (χ2v) is 13.3. The van der Waals surface area contributed by atoms with Crippen molar-refractivity contribution in [1.29, 1.82) is 0 Å². The van der Waals surface area contributed by atoms with Gasteiger partial charge in [-0.3, -0.25) is 19.2 Å². The molecule has 0 aliphatic heterocycles. The molecule has 4 unspecified atom stereocenters. The van der Waals surface area contributed by atoms with Gasteiger partial charge in [0.2, 0.25) is 23.6 Å². The lowest BCUT2D eigenvalue weighted by Crippen LogP contribution is -2.50. The van der Waals surface area contributed by atoms with Crippen molar-refractivity contribution in [2.45, 2.75) is 129 Å². The Kier molecular flexibility index (Phi) is 25.8. The molecular formula is C33H64N4O14. The number of ether oxygens (including phenoxy) is 4. The van der Waals surface area contributed by atoms with E-state index in [1.807, 2.05) is 13.8 Å². The fourth-order valence-electron chi connectivity index (χ4n) is 4.47. The monoisotopic (exact) mass is 740 g/mol. The van der Waals surface area contributed by atoms with E-state index >= 15 is 0 Å². The highest BCUT2D eigenvalue weighted by atomic mass is 16.7. The normalized spacial score (nSPS) is 16.5. The van der Waals surface area contributed by atoms with Crippen molar-refractivity contribution >= 4 is 23.6 Å². The first-order valence-corrected chi connectivity index (χ1v) is 17.4. The Morgan fingerprint density at radius 3 is 1.24 bits per heavy atom. The lowest BCUT2D eigenvalue weighted by Gasteiger charge is -2.30. The van der Waals surface area contributed by atoms with Crippen LogP contribution < -0.4 is 21.3 Å². The maximum absolute atomic E-state index is 12.5. The molecule has 0 radical (unpaired) electrons. The Morgan fingerprint density at radius 1 is 0.608 bits per heavy atom. The molecule has 0 rings (SSSR count). The van der Waals surface area contributed by atoms with E-state index in [1.165, 1.54) is 27.7 Å². The largest absolute Gasteiger partial charge is 0.394 e. The van der Waals surface area contributed by atoms with Crippen molar-refractivity contribution in [3.63, 3.8) is 0 Å². The zero-order valence-electron chi connectivity index (χ0n) is 31.0. The summed E-state index contributed by atoms with van der Waals surface area (Å²) in [5, 5.41) is 68.7. The number of amides is 4. The van der Waals surface area contributed by atoms with E-state index in [1.54, 1.807) is 0 Å². The van der Waals surface area contributed by atoms with Crippen molar-refractivity contribution in [2.75, 3.05) is 52.7 Å². The number of nitrogens with one attached hydrogen (secondary N) is 4. The third kappa shape index (κ3) is 22.9. The fraction of sp³-hybridized carbons (Fsp3) is 0.879. The summed E-state index contributed by atoms with van der Waals surface area (Å²) in [6.45, 7) is 8.05. The molecule has 0 aromatic heterocycles. The van der Waals surface area contributed by atoms with Gasteiger partial charge in [0.15, 0.2) is 12.6 Å². The topological polar surface area (TPSA) is 275 Å². The third-order valence-corrected chi connectivity index (χ3v) is 7.57. The molecule has 0 aromatic rings. The van der Waals surface area contributed by atoms with Crippen LogP contribution in [0.2, 0.25) is 0 Å². The second-order valence-electron chi connectivity index (χ2n) is 13.3. The van der Waals surface area contributed by atoms with Crippen LogP contribution in [-0.2, 0) is 38.1 Å². The van der Waals surface area contributed by atoms with Crippen molar-refractivity contribution in [3.8, 4) is 0 Å². The first kappa shape index (κ1) is 48.5. The molecule has 4 amide bonds. The number of aliphatic hydroxyl groups is 6. The first-order valence-electron chi connectivity index (χ1n) is 17.4. The van der Waals surface area contributed by atoms with E-state index in [0.29, 0.717) is 38.8 Å². The molecule has 0 aliphatic rings. The summed E-state index contributed by atoms with van der Waals surface area (Å²) >= 11 is 0. The maximum atomic E-state index is 12.5. The van der Waals surface area contributed by atoms with Crippen LogP contribution in [0.5, 0.6) is 0 Å². The van der Waals surface area contributed by atoms with Gasteiger partial charge in [-0.2, -0.15) is 0 Å². The number of hydrogen-bond donors (Lipinski definition) is 10. The Labute approximate surface area is 300 Å². The van der Waals surface area contributed by atoms with Crippen molar-refractivity contribution < 1.29 is 68.8 Å². The molecule has 0 spiro atoms. The standard InChI is InChI=1S/C33H64N4O14/c1-21(42)27(17-40)50-31(25(15-38)36-23(3)44)48-13-9-7-11-29(46)34-19-33(5,6)20-35-30(47)12-8-10-14-49-32(26(16-39)37-24(4)45)51-28(18-41)22(2)43/h21-22,25-28,31-32,38-43H,7-20H2,1-6H3,(H,34,46)(H,35,47)(H,36,44)(H,37,45)/t21-,22-,25+,26+,27?,28?,31?,32?/m1/s1. The summed E-state index contributed by atoms with van der Waals surface area (Å²) in [7, 11) is 0. The highest BCUT2D eigenvalue weighted by Crippen LogP contribution is 2.14. The summed E-state index contributed by atoms with van der Waals surface area (Å²) in [5.74, 6) is -1.22. The molecule has 0 aliphatic carbocycles. The van der Waals surface area contributed by atoms with E-state index in [2.05, 4.69) is 21.3 Å². The number of carbonyl (C=O) groups is 4. The highest BCUT2D eigenvalue weighted by Gasteiger charge is 2.30. The van der Waals surface area contributed by atoms with Gasteiger partial charge in [-0.05, 0) is 44.9 Å². The molecule has 10 N–H and O–H groups in total. The Hall–Kier alpha value is -2.52. The van der Waals surface area contributed by atoms with Gasteiger partial charge < -0.3 is 70.9 Å². The predicted molar refractivity (Wildman–Crippen MR) is 184 cm³/mol. The molecular weight excluding hydrogens is 676 g/mol. The molecule has 0 bridgehead atoms. The highest BCUT2D eigenvalue weighted by molar-refractivity contribution is 5.76. The van der Waals surface area contributed by atoms with Crippen LogP contribution in [0, 0.1) is 5.41 Å². The van der Waals surface area contributed by atoms with E-state index in [-0.39, 0.29) is 37.9 Å². The smallest absolute Gasteiger partial charge is 0.220 e. The molecule has 8 atom stereocenters. The van der Waals surface area contributed by atoms with Crippen LogP contribution >= 0.6 is 0 Å². The molecule has 0 fully saturated rings. The maximum Gasteiger partial charge on any atom is 0.220 e. The predicted octanol–water partition coefficient (Wildman–Crippen LogP) is -2.22. The van der Waals surface area contributed by atoms with Crippen molar-refractivity contribution in [3.05, 3.63) is 0 Å². The molecule has 0 saturated carbocycles. The molecule has 0 saturated heterocycles. The molecule has 300 valence electrons. The number of unbranched alkanes of at least 4 members (excludes halogenated alkanes) is 2. The average molecular weight is 741 g/mol. The van der Waals surface area contributed by atoms with E-state index in [0.717, 1.165) is 0 Å². The van der Waals surface area contributed by atoms with Gasteiger partial charge in [0, 0.05) is 53.0 Å².